The zero-order valence-electron chi connectivity index (χ0n) is 18.4. The van der Waals surface area contributed by atoms with Gasteiger partial charge in [-0.05, 0) is 55.0 Å². The Morgan fingerprint density at radius 2 is 1.53 bits per heavy atom. The second-order valence-corrected chi connectivity index (χ2v) is 8.44. The van der Waals surface area contributed by atoms with Gasteiger partial charge < -0.3 is 18.9 Å². The number of hydrogen-bond acceptors (Lipinski definition) is 8. The predicted octanol–water partition coefficient (Wildman–Crippen LogP) is 2.91. The van der Waals surface area contributed by atoms with E-state index in [2.05, 4.69) is 4.72 Å². The third-order valence-corrected chi connectivity index (χ3v) is 4.84. The first-order chi connectivity index (χ1) is 15.1. The SMILES string of the molecule is COc1cc(/C=C/C(=O)OC(C)C(=O)c2ccc(NS(C)(=O)=O)cc2)cc(OC)c1OC. The molecule has 0 bridgehead atoms. The van der Waals surface area contributed by atoms with Crippen molar-refractivity contribution >= 4 is 33.5 Å². The Morgan fingerprint density at radius 1 is 0.969 bits per heavy atom. The minimum Gasteiger partial charge on any atom is -0.493 e. The number of sulfonamides is 1. The third kappa shape index (κ3) is 6.74. The Morgan fingerprint density at radius 3 is 2.00 bits per heavy atom. The molecule has 1 N–H and O–H groups in total. The first-order valence-corrected chi connectivity index (χ1v) is 11.3. The third-order valence-electron chi connectivity index (χ3n) is 4.23. The number of rotatable bonds is 10. The molecule has 2 aromatic carbocycles. The van der Waals surface area contributed by atoms with Gasteiger partial charge in [0.25, 0.3) is 0 Å². The van der Waals surface area contributed by atoms with Crippen LogP contribution in [0.3, 0.4) is 0 Å². The van der Waals surface area contributed by atoms with Gasteiger partial charge in [0.1, 0.15) is 0 Å². The maximum atomic E-state index is 12.5. The van der Waals surface area contributed by atoms with Crippen molar-refractivity contribution in [1.29, 1.82) is 0 Å². The van der Waals surface area contributed by atoms with Crippen molar-refractivity contribution in [2.75, 3.05) is 32.3 Å². The van der Waals surface area contributed by atoms with Gasteiger partial charge in [-0.3, -0.25) is 9.52 Å². The molecule has 0 saturated heterocycles. The van der Waals surface area contributed by atoms with Gasteiger partial charge >= 0.3 is 5.97 Å². The van der Waals surface area contributed by atoms with Crippen LogP contribution in [0.4, 0.5) is 5.69 Å². The second-order valence-electron chi connectivity index (χ2n) is 6.69. The maximum absolute atomic E-state index is 12.5. The van der Waals surface area contributed by atoms with Crippen LogP contribution in [0, 0.1) is 0 Å². The fraction of sp³-hybridized carbons (Fsp3) is 0.273. The van der Waals surface area contributed by atoms with E-state index in [0.29, 0.717) is 28.5 Å². The summed E-state index contributed by atoms with van der Waals surface area (Å²) in [5.74, 6) is 0.140. The van der Waals surface area contributed by atoms with E-state index in [0.717, 1.165) is 6.26 Å². The highest BCUT2D eigenvalue weighted by atomic mass is 32.2. The number of ketones is 1. The molecular formula is C22H25NO8S. The molecule has 1 unspecified atom stereocenters. The van der Waals surface area contributed by atoms with Crippen LogP contribution in [-0.4, -0.2) is 53.9 Å². The summed E-state index contributed by atoms with van der Waals surface area (Å²) in [6, 6.07) is 9.12. The zero-order chi connectivity index (χ0) is 23.9. The molecule has 0 amide bonds. The number of nitrogens with one attached hydrogen (secondary N) is 1. The van der Waals surface area contributed by atoms with Crippen molar-refractivity contribution in [1.82, 2.24) is 0 Å². The topological polar surface area (TPSA) is 117 Å². The summed E-state index contributed by atoms with van der Waals surface area (Å²) in [6.07, 6.45) is 2.67. The van der Waals surface area contributed by atoms with Crippen LogP contribution >= 0.6 is 0 Å². The highest BCUT2D eigenvalue weighted by molar-refractivity contribution is 7.92. The molecule has 0 spiro atoms. The standard InChI is InChI=1S/C22H25NO8S/c1-14(21(25)16-7-9-17(10-8-16)23-32(5,26)27)31-20(24)11-6-15-12-18(28-2)22(30-4)19(13-15)29-3/h6-14,23H,1-5H3/b11-6+. The maximum Gasteiger partial charge on any atom is 0.331 e. The van der Waals surface area contributed by atoms with Crippen LogP contribution in [0.15, 0.2) is 42.5 Å². The lowest BCUT2D eigenvalue weighted by atomic mass is 10.1. The molecule has 2 aromatic rings. The van der Waals surface area contributed by atoms with Crippen molar-refractivity contribution in [3.63, 3.8) is 0 Å². The molecule has 0 heterocycles. The van der Waals surface area contributed by atoms with Crippen LogP contribution in [0.5, 0.6) is 17.2 Å². The molecule has 10 heteroatoms. The second kappa shape index (κ2) is 10.7. The van der Waals surface area contributed by atoms with Crippen LogP contribution in [0.2, 0.25) is 0 Å². The van der Waals surface area contributed by atoms with Crippen molar-refractivity contribution in [3.8, 4) is 17.2 Å². The molecule has 32 heavy (non-hydrogen) atoms. The van der Waals surface area contributed by atoms with Crippen molar-refractivity contribution < 1.29 is 37.0 Å². The Labute approximate surface area is 187 Å². The summed E-state index contributed by atoms with van der Waals surface area (Å²) in [4.78, 5) is 24.7. The van der Waals surface area contributed by atoms with E-state index < -0.39 is 27.9 Å². The minimum absolute atomic E-state index is 0.276. The monoisotopic (exact) mass is 463 g/mol. The number of hydrogen-bond donors (Lipinski definition) is 1. The quantitative estimate of drug-likeness (QED) is 0.325. The molecule has 172 valence electrons. The summed E-state index contributed by atoms with van der Waals surface area (Å²) < 4.78 is 45.8. The fourth-order valence-corrected chi connectivity index (χ4v) is 3.34. The van der Waals surface area contributed by atoms with E-state index in [1.165, 1.54) is 64.7 Å². The number of carbonyl (C=O) groups is 2. The van der Waals surface area contributed by atoms with Gasteiger partial charge in [-0.2, -0.15) is 0 Å². The first kappa shape index (κ1) is 24.7. The van der Waals surface area contributed by atoms with E-state index in [4.69, 9.17) is 18.9 Å². The highest BCUT2D eigenvalue weighted by Gasteiger charge is 2.19. The molecular weight excluding hydrogens is 438 g/mol. The first-order valence-electron chi connectivity index (χ1n) is 9.38. The number of benzene rings is 2. The summed E-state index contributed by atoms with van der Waals surface area (Å²) in [7, 11) is 1.03. The summed E-state index contributed by atoms with van der Waals surface area (Å²) in [5, 5.41) is 0. The van der Waals surface area contributed by atoms with Crippen molar-refractivity contribution in [2.24, 2.45) is 0 Å². The Kier molecular flexibility index (Phi) is 8.25. The van der Waals surface area contributed by atoms with E-state index in [1.807, 2.05) is 0 Å². The highest BCUT2D eigenvalue weighted by Crippen LogP contribution is 2.38. The molecule has 0 aromatic heterocycles. The van der Waals surface area contributed by atoms with E-state index in [9.17, 15) is 18.0 Å². The normalized spacial score (nSPS) is 12.2. The summed E-state index contributed by atoms with van der Waals surface area (Å²) >= 11 is 0. The van der Waals surface area contributed by atoms with Gasteiger partial charge in [0.15, 0.2) is 17.6 Å². The van der Waals surface area contributed by atoms with E-state index in [1.54, 1.807) is 12.1 Å². The number of Topliss-reactive ketones (excluding diaryl/α,β-unsaturated/α-hetero) is 1. The lowest BCUT2D eigenvalue weighted by molar-refractivity contribution is -0.140. The van der Waals surface area contributed by atoms with Crippen LogP contribution < -0.4 is 18.9 Å². The molecule has 0 saturated carbocycles. The fourth-order valence-electron chi connectivity index (χ4n) is 2.78. The Balaban J connectivity index is 2.06. The van der Waals surface area contributed by atoms with Gasteiger partial charge in [-0.15, -0.1) is 0 Å². The molecule has 9 nitrogen and oxygen atoms in total. The molecule has 0 aliphatic carbocycles. The lowest BCUT2D eigenvalue weighted by Crippen LogP contribution is -2.23. The number of anilines is 1. The number of ether oxygens (including phenoxy) is 4. The zero-order valence-corrected chi connectivity index (χ0v) is 19.2. The van der Waals surface area contributed by atoms with Gasteiger partial charge in [0.2, 0.25) is 21.6 Å². The van der Waals surface area contributed by atoms with Crippen LogP contribution in [0.25, 0.3) is 6.08 Å². The minimum atomic E-state index is -3.42. The molecule has 0 aliphatic heterocycles. The average Bonchev–Trinajstić information content (AvgIpc) is 2.75. The van der Waals surface area contributed by atoms with Crippen molar-refractivity contribution in [2.45, 2.75) is 13.0 Å². The molecule has 0 fully saturated rings. The number of methoxy groups -OCH3 is 3. The molecule has 0 aliphatic rings. The summed E-state index contributed by atoms with van der Waals surface area (Å²) in [6.45, 7) is 1.45. The lowest BCUT2D eigenvalue weighted by Gasteiger charge is -2.13. The predicted molar refractivity (Wildman–Crippen MR) is 120 cm³/mol. The number of esters is 1. The van der Waals surface area contributed by atoms with Crippen LogP contribution in [-0.2, 0) is 19.6 Å². The Bertz CT molecular complexity index is 1080. The summed E-state index contributed by atoms with van der Waals surface area (Å²) in [5.41, 5.74) is 1.20. The number of carbonyl (C=O) groups excluding carboxylic acids is 2. The van der Waals surface area contributed by atoms with Gasteiger partial charge in [-0.1, -0.05) is 0 Å². The van der Waals surface area contributed by atoms with E-state index >= 15 is 0 Å². The molecule has 2 rings (SSSR count). The molecule has 1 atom stereocenters. The van der Waals surface area contributed by atoms with Crippen LogP contribution in [0.1, 0.15) is 22.8 Å². The molecule has 0 radical (unpaired) electrons. The van der Waals surface area contributed by atoms with Crippen molar-refractivity contribution in [3.05, 3.63) is 53.6 Å². The average molecular weight is 464 g/mol. The van der Waals surface area contributed by atoms with Gasteiger partial charge in [0.05, 0.1) is 27.6 Å². The van der Waals surface area contributed by atoms with E-state index in [-0.39, 0.29) is 5.56 Å². The Hall–Kier alpha value is -3.53. The van der Waals surface area contributed by atoms with Gasteiger partial charge in [-0.25, -0.2) is 13.2 Å². The smallest absolute Gasteiger partial charge is 0.331 e. The van der Waals surface area contributed by atoms with Gasteiger partial charge in [0, 0.05) is 17.3 Å². The largest absolute Gasteiger partial charge is 0.493 e.